The SMILES string of the molecule is CC1=C(C)[C@H](C)[C@H](C)C1=O. The van der Waals surface area contributed by atoms with Gasteiger partial charge in [0.2, 0.25) is 0 Å². The lowest BCUT2D eigenvalue weighted by Crippen LogP contribution is -2.10. The molecule has 0 aromatic heterocycles. The predicted octanol–water partition coefficient (Wildman–Crippen LogP) is 2.18. The summed E-state index contributed by atoms with van der Waals surface area (Å²) in [6.07, 6.45) is 0. The van der Waals surface area contributed by atoms with Crippen LogP contribution in [0.5, 0.6) is 0 Å². The highest BCUT2D eigenvalue weighted by Crippen LogP contribution is 2.32. The maximum Gasteiger partial charge on any atom is 0.161 e. The number of carbonyl (C=O) groups is 1. The van der Waals surface area contributed by atoms with Crippen LogP contribution in [0.2, 0.25) is 0 Å². The van der Waals surface area contributed by atoms with Crippen LogP contribution >= 0.6 is 0 Å². The minimum atomic E-state index is 0.222. The number of Topliss-reactive ketones (excluding diaryl/α,β-unsaturated/α-hetero) is 1. The van der Waals surface area contributed by atoms with Crippen LogP contribution in [0, 0.1) is 11.8 Å². The normalized spacial score (nSPS) is 33.8. The van der Waals surface area contributed by atoms with Crippen molar-refractivity contribution in [2.75, 3.05) is 0 Å². The number of rotatable bonds is 0. The van der Waals surface area contributed by atoms with Crippen LogP contribution in [0.15, 0.2) is 11.1 Å². The van der Waals surface area contributed by atoms with E-state index in [1.165, 1.54) is 5.57 Å². The average molecular weight is 138 g/mol. The molecule has 0 radical (unpaired) electrons. The first kappa shape index (κ1) is 7.52. The third-order valence-electron chi connectivity index (χ3n) is 2.81. The molecule has 0 fully saturated rings. The maximum atomic E-state index is 11.3. The Morgan fingerprint density at radius 1 is 1.10 bits per heavy atom. The van der Waals surface area contributed by atoms with E-state index in [0.717, 1.165) is 5.57 Å². The van der Waals surface area contributed by atoms with Crippen LogP contribution in [0.1, 0.15) is 27.7 Å². The Morgan fingerprint density at radius 3 is 1.70 bits per heavy atom. The fourth-order valence-corrected chi connectivity index (χ4v) is 1.48. The number of ketones is 1. The van der Waals surface area contributed by atoms with Crippen LogP contribution in [0.4, 0.5) is 0 Å². The summed E-state index contributed by atoms with van der Waals surface area (Å²) in [6, 6.07) is 0. The predicted molar refractivity (Wildman–Crippen MR) is 41.7 cm³/mol. The lowest BCUT2D eigenvalue weighted by atomic mass is 9.95. The van der Waals surface area contributed by atoms with Crippen LogP contribution < -0.4 is 0 Å². The average Bonchev–Trinajstić information content (AvgIpc) is 2.07. The van der Waals surface area contributed by atoms with Gasteiger partial charge in [0.25, 0.3) is 0 Å². The van der Waals surface area contributed by atoms with Gasteiger partial charge in [-0.2, -0.15) is 0 Å². The third kappa shape index (κ3) is 0.808. The summed E-state index contributed by atoms with van der Waals surface area (Å²) in [5.74, 6) is 1.03. The summed E-state index contributed by atoms with van der Waals surface area (Å²) in [5, 5.41) is 0. The third-order valence-corrected chi connectivity index (χ3v) is 2.81. The lowest BCUT2D eigenvalue weighted by Gasteiger charge is -2.08. The van der Waals surface area contributed by atoms with Crippen molar-refractivity contribution in [2.24, 2.45) is 11.8 Å². The molecule has 0 N–H and O–H groups in total. The molecular formula is C9H14O. The van der Waals surface area contributed by atoms with Gasteiger partial charge in [0.15, 0.2) is 5.78 Å². The lowest BCUT2D eigenvalue weighted by molar-refractivity contribution is -0.118. The van der Waals surface area contributed by atoms with Crippen molar-refractivity contribution in [2.45, 2.75) is 27.7 Å². The van der Waals surface area contributed by atoms with E-state index in [0.29, 0.717) is 11.7 Å². The van der Waals surface area contributed by atoms with Gasteiger partial charge in [-0.05, 0) is 25.3 Å². The second-order valence-corrected chi connectivity index (χ2v) is 3.25. The summed E-state index contributed by atoms with van der Waals surface area (Å²) in [4.78, 5) is 11.3. The highest BCUT2D eigenvalue weighted by molar-refractivity contribution is 6.00. The highest BCUT2D eigenvalue weighted by Gasteiger charge is 2.30. The molecule has 0 aliphatic heterocycles. The first-order valence-corrected chi connectivity index (χ1v) is 3.77. The molecule has 1 aliphatic carbocycles. The molecule has 0 heterocycles. The zero-order valence-corrected chi connectivity index (χ0v) is 7.06. The van der Waals surface area contributed by atoms with Crippen molar-refractivity contribution < 1.29 is 4.79 Å². The number of hydrogen-bond donors (Lipinski definition) is 0. The van der Waals surface area contributed by atoms with E-state index in [9.17, 15) is 4.79 Å². The Kier molecular flexibility index (Phi) is 1.67. The maximum absolute atomic E-state index is 11.3. The van der Waals surface area contributed by atoms with Gasteiger partial charge in [0.1, 0.15) is 0 Å². The minimum absolute atomic E-state index is 0.222. The van der Waals surface area contributed by atoms with E-state index in [-0.39, 0.29) is 5.92 Å². The quantitative estimate of drug-likeness (QED) is 0.501. The molecule has 0 saturated carbocycles. The Labute approximate surface area is 62.1 Å². The van der Waals surface area contributed by atoms with Crippen molar-refractivity contribution in [1.29, 1.82) is 0 Å². The number of hydrogen-bond acceptors (Lipinski definition) is 1. The van der Waals surface area contributed by atoms with Crippen molar-refractivity contribution in [3.8, 4) is 0 Å². The monoisotopic (exact) mass is 138 g/mol. The van der Waals surface area contributed by atoms with Gasteiger partial charge < -0.3 is 0 Å². The molecule has 1 heteroatoms. The fraction of sp³-hybridized carbons (Fsp3) is 0.667. The van der Waals surface area contributed by atoms with Gasteiger partial charge in [-0.25, -0.2) is 0 Å². The Balaban J connectivity index is 2.99. The Morgan fingerprint density at radius 2 is 1.60 bits per heavy atom. The number of allylic oxidation sites excluding steroid dienone is 2. The van der Waals surface area contributed by atoms with Crippen molar-refractivity contribution in [3.05, 3.63) is 11.1 Å². The molecule has 0 unspecified atom stereocenters. The Hall–Kier alpha value is -0.590. The zero-order chi connectivity index (χ0) is 7.89. The minimum Gasteiger partial charge on any atom is -0.294 e. The Bertz CT molecular complexity index is 201. The second kappa shape index (κ2) is 2.22. The molecule has 2 atom stereocenters. The van der Waals surface area contributed by atoms with Gasteiger partial charge in [0, 0.05) is 5.92 Å². The van der Waals surface area contributed by atoms with Crippen molar-refractivity contribution in [1.82, 2.24) is 0 Å². The molecule has 0 aromatic rings. The fourth-order valence-electron chi connectivity index (χ4n) is 1.48. The van der Waals surface area contributed by atoms with Gasteiger partial charge in [-0.3, -0.25) is 4.79 Å². The summed E-state index contributed by atoms with van der Waals surface area (Å²) in [5.41, 5.74) is 2.26. The van der Waals surface area contributed by atoms with E-state index < -0.39 is 0 Å². The van der Waals surface area contributed by atoms with Gasteiger partial charge in [-0.1, -0.05) is 19.4 Å². The molecule has 0 bridgehead atoms. The highest BCUT2D eigenvalue weighted by atomic mass is 16.1. The van der Waals surface area contributed by atoms with Crippen molar-refractivity contribution in [3.63, 3.8) is 0 Å². The molecule has 0 saturated heterocycles. The van der Waals surface area contributed by atoms with Crippen LogP contribution in [0.25, 0.3) is 0 Å². The van der Waals surface area contributed by atoms with Crippen molar-refractivity contribution >= 4 is 5.78 Å². The summed E-state index contributed by atoms with van der Waals surface area (Å²) < 4.78 is 0. The van der Waals surface area contributed by atoms with Crippen LogP contribution in [-0.2, 0) is 4.79 Å². The first-order chi connectivity index (χ1) is 4.55. The largest absolute Gasteiger partial charge is 0.294 e. The zero-order valence-electron chi connectivity index (χ0n) is 7.06. The number of carbonyl (C=O) groups excluding carboxylic acids is 1. The van der Waals surface area contributed by atoms with E-state index in [1.807, 2.05) is 13.8 Å². The molecule has 0 spiro atoms. The molecule has 1 rings (SSSR count). The molecular weight excluding hydrogens is 124 g/mol. The van der Waals surface area contributed by atoms with Gasteiger partial charge in [-0.15, -0.1) is 0 Å². The van der Waals surface area contributed by atoms with Gasteiger partial charge in [0.05, 0.1) is 0 Å². The topological polar surface area (TPSA) is 17.1 Å². The molecule has 0 amide bonds. The van der Waals surface area contributed by atoms with E-state index in [2.05, 4.69) is 13.8 Å². The van der Waals surface area contributed by atoms with Crippen LogP contribution in [-0.4, -0.2) is 5.78 Å². The molecule has 1 nitrogen and oxygen atoms in total. The van der Waals surface area contributed by atoms with E-state index in [4.69, 9.17) is 0 Å². The summed E-state index contributed by atoms with van der Waals surface area (Å²) in [7, 11) is 0. The molecule has 56 valence electrons. The molecule has 0 aromatic carbocycles. The van der Waals surface area contributed by atoms with Gasteiger partial charge >= 0.3 is 0 Å². The van der Waals surface area contributed by atoms with Crippen LogP contribution in [0.3, 0.4) is 0 Å². The van der Waals surface area contributed by atoms with E-state index >= 15 is 0 Å². The molecule has 1 aliphatic rings. The summed E-state index contributed by atoms with van der Waals surface area (Å²) >= 11 is 0. The molecule has 10 heavy (non-hydrogen) atoms. The summed E-state index contributed by atoms with van der Waals surface area (Å²) in [6.45, 7) is 8.11. The van der Waals surface area contributed by atoms with E-state index in [1.54, 1.807) is 0 Å². The standard InChI is InChI=1S/C9H14O/c1-5-6(2)8(4)9(10)7(5)3/h5,7H,1-4H3/t5-,7-/m0/s1. The second-order valence-electron chi connectivity index (χ2n) is 3.25. The smallest absolute Gasteiger partial charge is 0.161 e. The first-order valence-electron chi connectivity index (χ1n) is 3.77.